The van der Waals surface area contributed by atoms with Gasteiger partial charge in [0.2, 0.25) is 0 Å². The molecule has 1 atom stereocenters. The minimum Gasteiger partial charge on any atom is -0.324 e. The molecule has 0 saturated heterocycles. The molecule has 0 radical (unpaired) electrons. The van der Waals surface area contributed by atoms with E-state index in [1.54, 1.807) is 6.20 Å². The van der Waals surface area contributed by atoms with Gasteiger partial charge in [0.15, 0.2) is 0 Å². The van der Waals surface area contributed by atoms with Crippen LogP contribution < -0.4 is 5.73 Å². The molecular weight excluding hydrogens is 198 g/mol. The van der Waals surface area contributed by atoms with E-state index in [9.17, 15) is 0 Å². The van der Waals surface area contributed by atoms with Gasteiger partial charge in [-0.1, -0.05) is 12.1 Å². The van der Waals surface area contributed by atoms with E-state index in [0.29, 0.717) is 0 Å². The lowest BCUT2D eigenvalue weighted by Gasteiger charge is -2.25. The highest BCUT2D eigenvalue weighted by Crippen LogP contribution is 2.32. The van der Waals surface area contributed by atoms with Gasteiger partial charge in [0.25, 0.3) is 0 Å². The summed E-state index contributed by atoms with van der Waals surface area (Å²) in [7, 11) is 0. The van der Waals surface area contributed by atoms with Crippen molar-refractivity contribution in [2.24, 2.45) is 5.73 Å². The van der Waals surface area contributed by atoms with Crippen LogP contribution in [0.25, 0.3) is 5.69 Å². The molecular formula is C13H15N3. The summed E-state index contributed by atoms with van der Waals surface area (Å²) in [5, 5.41) is 0. The largest absolute Gasteiger partial charge is 0.324 e. The highest BCUT2D eigenvalue weighted by atomic mass is 15.0. The third kappa shape index (κ3) is 1.44. The molecule has 0 bridgehead atoms. The first-order chi connectivity index (χ1) is 7.86. The van der Waals surface area contributed by atoms with Crippen LogP contribution in [-0.4, -0.2) is 9.55 Å². The van der Waals surface area contributed by atoms with Gasteiger partial charge in [0.1, 0.15) is 0 Å². The van der Waals surface area contributed by atoms with Crippen LogP contribution in [0.4, 0.5) is 0 Å². The molecule has 1 aliphatic carbocycles. The maximum Gasteiger partial charge on any atom is 0.0991 e. The Balaban J connectivity index is 2.19. The molecule has 0 fully saturated rings. The van der Waals surface area contributed by atoms with Gasteiger partial charge in [-0.3, -0.25) is 0 Å². The molecule has 0 aliphatic heterocycles. The van der Waals surface area contributed by atoms with E-state index in [4.69, 9.17) is 5.73 Å². The van der Waals surface area contributed by atoms with Crippen LogP contribution in [0.5, 0.6) is 0 Å². The van der Waals surface area contributed by atoms with Crippen molar-refractivity contribution in [3.05, 3.63) is 48.0 Å². The van der Waals surface area contributed by atoms with Crippen LogP contribution in [0.15, 0.2) is 36.9 Å². The average molecular weight is 213 g/mol. The number of fused-ring (bicyclic) bond motifs is 1. The molecule has 3 rings (SSSR count). The van der Waals surface area contributed by atoms with E-state index in [0.717, 1.165) is 12.8 Å². The van der Waals surface area contributed by atoms with Crippen molar-refractivity contribution in [3.8, 4) is 5.69 Å². The summed E-state index contributed by atoms with van der Waals surface area (Å²) in [5.41, 5.74) is 10.1. The summed E-state index contributed by atoms with van der Waals surface area (Å²) in [5.74, 6) is 0. The molecule has 1 heterocycles. The lowest BCUT2D eigenvalue weighted by Crippen LogP contribution is -2.19. The number of aryl methyl sites for hydroxylation is 1. The van der Waals surface area contributed by atoms with Crippen LogP contribution in [0.3, 0.4) is 0 Å². The Kier molecular flexibility index (Phi) is 2.26. The van der Waals surface area contributed by atoms with Crippen molar-refractivity contribution < 1.29 is 0 Å². The Labute approximate surface area is 94.9 Å². The van der Waals surface area contributed by atoms with Gasteiger partial charge < -0.3 is 10.3 Å². The highest BCUT2D eigenvalue weighted by molar-refractivity contribution is 5.49. The molecule has 1 aromatic heterocycles. The minimum absolute atomic E-state index is 0.169. The zero-order chi connectivity index (χ0) is 11.0. The smallest absolute Gasteiger partial charge is 0.0991 e. The number of nitrogens with two attached hydrogens (primary N) is 1. The molecule has 3 nitrogen and oxygen atoms in total. The Hall–Kier alpha value is -1.61. The number of imidazole rings is 1. The van der Waals surface area contributed by atoms with Crippen molar-refractivity contribution in [1.29, 1.82) is 0 Å². The van der Waals surface area contributed by atoms with E-state index in [1.165, 1.54) is 23.2 Å². The number of aromatic nitrogens is 2. The number of hydrogen-bond acceptors (Lipinski definition) is 2. The maximum atomic E-state index is 6.22. The molecule has 1 aromatic carbocycles. The number of nitrogens with zero attached hydrogens (tertiary/aromatic N) is 2. The first kappa shape index (κ1) is 9.60. The molecule has 0 saturated carbocycles. The molecule has 2 aromatic rings. The zero-order valence-corrected chi connectivity index (χ0v) is 9.13. The quantitative estimate of drug-likeness (QED) is 0.789. The van der Waals surface area contributed by atoms with Crippen LogP contribution in [0.1, 0.15) is 30.0 Å². The first-order valence-electron chi connectivity index (χ1n) is 5.72. The van der Waals surface area contributed by atoms with E-state index in [1.807, 2.05) is 17.1 Å². The number of benzene rings is 1. The molecule has 16 heavy (non-hydrogen) atoms. The van der Waals surface area contributed by atoms with Crippen molar-refractivity contribution in [2.75, 3.05) is 0 Å². The molecule has 0 amide bonds. The van der Waals surface area contributed by atoms with Gasteiger partial charge in [0.05, 0.1) is 12.0 Å². The first-order valence-corrected chi connectivity index (χ1v) is 5.72. The van der Waals surface area contributed by atoms with E-state index < -0.39 is 0 Å². The second kappa shape index (κ2) is 3.76. The van der Waals surface area contributed by atoms with Gasteiger partial charge in [-0.15, -0.1) is 0 Å². The van der Waals surface area contributed by atoms with E-state index >= 15 is 0 Å². The lowest BCUT2D eigenvalue weighted by molar-refractivity contribution is 0.567. The molecule has 0 spiro atoms. The molecule has 2 N–H and O–H groups in total. The Bertz CT molecular complexity index is 488. The third-order valence-corrected chi connectivity index (χ3v) is 3.29. The zero-order valence-electron chi connectivity index (χ0n) is 9.13. The Morgan fingerprint density at radius 1 is 1.38 bits per heavy atom. The Morgan fingerprint density at radius 3 is 3.12 bits per heavy atom. The van der Waals surface area contributed by atoms with Gasteiger partial charge in [0, 0.05) is 18.4 Å². The summed E-state index contributed by atoms with van der Waals surface area (Å²) >= 11 is 0. The predicted molar refractivity (Wildman–Crippen MR) is 63.4 cm³/mol. The standard InChI is InChI=1S/C13H15N3/c14-11-5-1-3-10-4-2-6-12(13(10)11)16-8-7-15-9-16/h2,4,6-9,11H,1,3,5,14H2. The van der Waals surface area contributed by atoms with E-state index in [2.05, 4.69) is 23.2 Å². The number of rotatable bonds is 1. The van der Waals surface area contributed by atoms with Crippen LogP contribution in [-0.2, 0) is 6.42 Å². The Morgan fingerprint density at radius 2 is 2.31 bits per heavy atom. The van der Waals surface area contributed by atoms with Gasteiger partial charge in [-0.05, 0) is 36.5 Å². The van der Waals surface area contributed by atoms with Gasteiger partial charge >= 0.3 is 0 Å². The molecule has 1 aliphatic rings. The summed E-state index contributed by atoms with van der Waals surface area (Å²) in [4.78, 5) is 4.09. The van der Waals surface area contributed by atoms with Crippen molar-refractivity contribution >= 4 is 0 Å². The van der Waals surface area contributed by atoms with Crippen LogP contribution in [0, 0.1) is 0 Å². The summed E-state index contributed by atoms with van der Waals surface area (Å²) in [6.45, 7) is 0. The normalized spacial score (nSPS) is 19.4. The van der Waals surface area contributed by atoms with Crippen LogP contribution >= 0.6 is 0 Å². The van der Waals surface area contributed by atoms with E-state index in [-0.39, 0.29) is 6.04 Å². The van der Waals surface area contributed by atoms with Gasteiger partial charge in [-0.25, -0.2) is 4.98 Å². The molecule has 3 heteroatoms. The topological polar surface area (TPSA) is 43.8 Å². The third-order valence-electron chi connectivity index (χ3n) is 3.29. The second-order valence-corrected chi connectivity index (χ2v) is 4.32. The van der Waals surface area contributed by atoms with Crippen molar-refractivity contribution in [2.45, 2.75) is 25.3 Å². The average Bonchev–Trinajstić information content (AvgIpc) is 2.82. The fourth-order valence-electron chi connectivity index (χ4n) is 2.53. The minimum atomic E-state index is 0.169. The van der Waals surface area contributed by atoms with Crippen molar-refractivity contribution in [1.82, 2.24) is 9.55 Å². The fourth-order valence-corrected chi connectivity index (χ4v) is 2.53. The SMILES string of the molecule is NC1CCCc2cccc(-n3ccnc3)c21. The molecule has 1 unspecified atom stereocenters. The summed E-state index contributed by atoms with van der Waals surface area (Å²) in [6, 6.07) is 6.58. The highest BCUT2D eigenvalue weighted by Gasteiger charge is 2.20. The molecule has 82 valence electrons. The summed E-state index contributed by atoms with van der Waals surface area (Å²) < 4.78 is 2.05. The maximum absolute atomic E-state index is 6.22. The van der Waals surface area contributed by atoms with Crippen LogP contribution in [0.2, 0.25) is 0 Å². The summed E-state index contributed by atoms with van der Waals surface area (Å²) in [6.07, 6.45) is 9.02. The van der Waals surface area contributed by atoms with Gasteiger partial charge in [-0.2, -0.15) is 0 Å². The second-order valence-electron chi connectivity index (χ2n) is 4.32. The lowest BCUT2D eigenvalue weighted by atomic mass is 9.87. The van der Waals surface area contributed by atoms with Crippen molar-refractivity contribution in [3.63, 3.8) is 0 Å². The monoisotopic (exact) mass is 213 g/mol. The number of hydrogen-bond donors (Lipinski definition) is 1. The predicted octanol–water partition coefficient (Wildman–Crippen LogP) is 2.21. The fraction of sp³-hybridized carbons (Fsp3) is 0.308.